The Labute approximate surface area is 116 Å². The van der Waals surface area contributed by atoms with Crippen LogP contribution in [-0.4, -0.2) is 35.8 Å². The first-order valence-electron chi connectivity index (χ1n) is 6.07. The first-order chi connectivity index (χ1) is 9.65. The van der Waals surface area contributed by atoms with E-state index in [1.54, 1.807) is 36.1 Å². The molecule has 0 fully saturated rings. The van der Waals surface area contributed by atoms with Crippen molar-refractivity contribution in [1.82, 2.24) is 15.1 Å². The van der Waals surface area contributed by atoms with Crippen LogP contribution in [0, 0.1) is 0 Å². The minimum absolute atomic E-state index is 0.245. The van der Waals surface area contributed by atoms with Gasteiger partial charge in [-0.1, -0.05) is 18.2 Å². The van der Waals surface area contributed by atoms with Gasteiger partial charge in [0, 0.05) is 13.2 Å². The quantitative estimate of drug-likeness (QED) is 0.846. The van der Waals surface area contributed by atoms with Gasteiger partial charge in [0.25, 0.3) is 5.91 Å². The maximum absolute atomic E-state index is 11.7. The van der Waals surface area contributed by atoms with Gasteiger partial charge >= 0.3 is 5.97 Å². The van der Waals surface area contributed by atoms with Gasteiger partial charge in [-0.15, -0.1) is 0 Å². The number of hydrogen-bond donors (Lipinski definition) is 1. The van der Waals surface area contributed by atoms with Crippen LogP contribution < -0.4 is 5.32 Å². The standard InChI is InChI=1S/C14H15N3O3/c1-15-13(18)12-7-8-17(16-12)9-10-5-3-4-6-11(10)14(19)20-2/h3-8H,9H2,1-2H3,(H,15,18). The second-order valence-electron chi connectivity index (χ2n) is 4.13. The van der Waals surface area contributed by atoms with Gasteiger partial charge in [0.2, 0.25) is 0 Å². The minimum atomic E-state index is -0.390. The van der Waals surface area contributed by atoms with Crippen molar-refractivity contribution in [3.05, 3.63) is 53.3 Å². The van der Waals surface area contributed by atoms with Gasteiger partial charge in [-0.25, -0.2) is 4.79 Å². The van der Waals surface area contributed by atoms with E-state index in [2.05, 4.69) is 10.4 Å². The van der Waals surface area contributed by atoms with E-state index in [1.807, 2.05) is 12.1 Å². The largest absolute Gasteiger partial charge is 0.465 e. The maximum Gasteiger partial charge on any atom is 0.338 e. The number of ether oxygens (including phenoxy) is 1. The van der Waals surface area contributed by atoms with E-state index in [0.717, 1.165) is 5.56 Å². The predicted octanol–water partition coefficient (Wildman–Crippen LogP) is 1.08. The van der Waals surface area contributed by atoms with Crippen molar-refractivity contribution in [3.8, 4) is 0 Å². The highest BCUT2D eigenvalue weighted by atomic mass is 16.5. The molecule has 6 nitrogen and oxygen atoms in total. The highest BCUT2D eigenvalue weighted by Gasteiger charge is 2.12. The van der Waals surface area contributed by atoms with E-state index in [0.29, 0.717) is 17.8 Å². The first-order valence-corrected chi connectivity index (χ1v) is 6.07. The van der Waals surface area contributed by atoms with Crippen LogP contribution >= 0.6 is 0 Å². The zero-order valence-electron chi connectivity index (χ0n) is 11.3. The predicted molar refractivity (Wildman–Crippen MR) is 72.5 cm³/mol. The number of amides is 1. The van der Waals surface area contributed by atoms with Crippen LogP contribution in [0.5, 0.6) is 0 Å². The maximum atomic E-state index is 11.7. The number of aromatic nitrogens is 2. The number of esters is 1. The lowest BCUT2D eigenvalue weighted by molar-refractivity contribution is 0.0599. The van der Waals surface area contributed by atoms with Gasteiger partial charge < -0.3 is 10.1 Å². The number of nitrogens with zero attached hydrogens (tertiary/aromatic N) is 2. The molecule has 6 heteroatoms. The van der Waals surface area contributed by atoms with Crippen molar-refractivity contribution >= 4 is 11.9 Å². The first kappa shape index (κ1) is 13.8. The number of carbonyl (C=O) groups is 2. The average molecular weight is 273 g/mol. The molecular weight excluding hydrogens is 258 g/mol. The monoisotopic (exact) mass is 273 g/mol. The minimum Gasteiger partial charge on any atom is -0.465 e. The van der Waals surface area contributed by atoms with Crippen molar-refractivity contribution in [3.63, 3.8) is 0 Å². The number of benzene rings is 1. The summed E-state index contributed by atoms with van der Waals surface area (Å²) in [6.07, 6.45) is 1.69. The Balaban J connectivity index is 2.24. The highest BCUT2D eigenvalue weighted by Crippen LogP contribution is 2.12. The van der Waals surface area contributed by atoms with E-state index in [9.17, 15) is 9.59 Å². The molecule has 1 aromatic carbocycles. The molecule has 0 aliphatic rings. The molecule has 104 valence electrons. The fourth-order valence-electron chi connectivity index (χ4n) is 1.84. The SMILES string of the molecule is CNC(=O)c1ccn(Cc2ccccc2C(=O)OC)n1. The third-order valence-corrected chi connectivity index (χ3v) is 2.86. The zero-order chi connectivity index (χ0) is 14.5. The third kappa shape index (κ3) is 2.85. The molecule has 1 N–H and O–H groups in total. The molecule has 2 aromatic rings. The molecule has 0 saturated heterocycles. The van der Waals surface area contributed by atoms with Gasteiger partial charge in [0.1, 0.15) is 5.69 Å². The molecule has 2 rings (SSSR count). The van der Waals surface area contributed by atoms with Gasteiger partial charge in [0.15, 0.2) is 0 Å². The van der Waals surface area contributed by atoms with E-state index >= 15 is 0 Å². The summed E-state index contributed by atoms with van der Waals surface area (Å²) in [5.41, 5.74) is 1.61. The topological polar surface area (TPSA) is 73.2 Å². The molecule has 0 aliphatic carbocycles. The molecule has 1 aromatic heterocycles. The Morgan fingerprint density at radius 3 is 2.75 bits per heavy atom. The molecule has 0 radical (unpaired) electrons. The molecule has 0 spiro atoms. The van der Waals surface area contributed by atoms with E-state index in [-0.39, 0.29) is 11.9 Å². The second-order valence-corrected chi connectivity index (χ2v) is 4.13. The lowest BCUT2D eigenvalue weighted by Crippen LogP contribution is -2.19. The molecule has 20 heavy (non-hydrogen) atoms. The zero-order valence-corrected chi connectivity index (χ0v) is 11.3. The molecule has 0 atom stereocenters. The van der Waals surface area contributed by atoms with Crippen molar-refractivity contribution in [2.75, 3.05) is 14.2 Å². The summed E-state index contributed by atoms with van der Waals surface area (Å²) < 4.78 is 6.35. The molecule has 0 aliphatic heterocycles. The number of nitrogens with one attached hydrogen (secondary N) is 1. The molecule has 1 amide bonds. The molecule has 0 unspecified atom stereocenters. The Morgan fingerprint density at radius 2 is 2.05 bits per heavy atom. The molecule has 1 heterocycles. The van der Waals surface area contributed by atoms with Crippen LogP contribution in [0.25, 0.3) is 0 Å². The van der Waals surface area contributed by atoms with Crippen LogP contribution in [0.2, 0.25) is 0 Å². The van der Waals surface area contributed by atoms with Crippen LogP contribution in [0.15, 0.2) is 36.5 Å². The van der Waals surface area contributed by atoms with Crippen molar-refractivity contribution in [1.29, 1.82) is 0 Å². The third-order valence-electron chi connectivity index (χ3n) is 2.86. The Bertz CT molecular complexity index is 634. The van der Waals surface area contributed by atoms with Crippen molar-refractivity contribution in [2.45, 2.75) is 6.54 Å². The number of methoxy groups -OCH3 is 1. The second kappa shape index (κ2) is 6.01. The van der Waals surface area contributed by atoms with Crippen molar-refractivity contribution < 1.29 is 14.3 Å². The summed E-state index contributed by atoms with van der Waals surface area (Å²) in [4.78, 5) is 23.1. The number of hydrogen-bond acceptors (Lipinski definition) is 4. The Hall–Kier alpha value is -2.63. The summed E-state index contributed by atoms with van der Waals surface area (Å²) in [5, 5.41) is 6.66. The average Bonchev–Trinajstić information content (AvgIpc) is 2.94. The van der Waals surface area contributed by atoms with Gasteiger partial charge in [-0.2, -0.15) is 5.10 Å². The summed E-state index contributed by atoms with van der Waals surface area (Å²) in [7, 11) is 2.89. The fourth-order valence-corrected chi connectivity index (χ4v) is 1.84. The molecular formula is C14H15N3O3. The van der Waals surface area contributed by atoms with E-state index in [1.165, 1.54) is 7.11 Å². The highest BCUT2D eigenvalue weighted by molar-refractivity contribution is 5.92. The fraction of sp³-hybridized carbons (Fsp3) is 0.214. The summed E-state index contributed by atoms with van der Waals surface area (Å²) >= 11 is 0. The number of carbonyl (C=O) groups excluding carboxylic acids is 2. The Morgan fingerprint density at radius 1 is 1.30 bits per heavy atom. The normalized spacial score (nSPS) is 10.1. The van der Waals surface area contributed by atoms with Crippen LogP contribution in [0.1, 0.15) is 26.4 Å². The van der Waals surface area contributed by atoms with Crippen molar-refractivity contribution in [2.24, 2.45) is 0 Å². The van der Waals surface area contributed by atoms with Gasteiger partial charge in [-0.3, -0.25) is 9.48 Å². The van der Waals surface area contributed by atoms with E-state index < -0.39 is 0 Å². The van der Waals surface area contributed by atoms with Gasteiger partial charge in [0.05, 0.1) is 19.2 Å². The van der Waals surface area contributed by atoms with Crippen LogP contribution in [0.4, 0.5) is 0 Å². The van der Waals surface area contributed by atoms with E-state index in [4.69, 9.17) is 4.74 Å². The van der Waals surface area contributed by atoms with Crippen LogP contribution in [0.3, 0.4) is 0 Å². The molecule has 0 saturated carbocycles. The lowest BCUT2D eigenvalue weighted by Gasteiger charge is -2.07. The summed E-state index contributed by atoms with van der Waals surface area (Å²) in [6.45, 7) is 0.391. The smallest absolute Gasteiger partial charge is 0.338 e. The molecule has 0 bridgehead atoms. The lowest BCUT2D eigenvalue weighted by atomic mass is 10.1. The Kier molecular flexibility index (Phi) is 4.14. The number of rotatable bonds is 4. The summed E-state index contributed by atoms with van der Waals surface area (Å²) in [6, 6.07) is 8.76. The van der Waals surface area contributed by atoms with Gasteiger partial charge in [-0.05, 0) is 17.7 Å². The summed E-state index contributed by atoms with van der Waals surface area (Å²) in [5.74, 6) is -0.635. The van der Waals surface area contributed by atoms with Crippen LogP contribution in [-0.2, 0) is 11.3 Å².